The molecule has 0 unspecified atom stereocenters. The fraction of sp³-hybridized carbons (Fsp3) is 0. The van der Waals surface area contributed by atoms with E-state index in [1.54, 1.807) is 0 Å². The van der Waals surface area contributed by atoms with Crippen LogP contribution in [0.2, 0.25) is 0 Å². The summed E-state index contributed by atoms with van der Waals surface area (Å²) in [5.41, 5.74) is 4.41. The molecule has 13 rings (SSSR count). The van der Waals surface area contributed by atoms with Gasteiger partial charge in [0.25, 0.3) is 0 Å². The highest BCUT2D eigenvalue weighted by molar-refractivity contribution is 7.27. The Labute approximate surface area is 332 Å². The molecule has 13 aromatic rings. The molecule has 0 saturated heterocycles. The predicted molar refractivity (Wildman–Crippen MR) is 242 cm³/mol. The second-order valence-electron chi connectivity index (χ2n) is 14.6. The molecule has 6 heteroatoms. The van der Waals surface area contributed by atoms with Crippen molar-refractivity contribution in [3.05, 3.63) is 164 Å². The monoisotopic (exact) mass is 761 g/mol. The number of rotatable bonds is 3. The summed E-state index contributed by atoms with van der Waals surface area (Å²) in [7, 11) is 0. The summed E-state index contributed by atoms with van der Waals surface area (Å²) in [6.07, 6.45) is 0. The van der Waals surface area contributed by atoms with Crippen LogP contribution in [0.25, 0.3) is 129 Å². The Hall–Kier alpha value is -6.99. The average Bonchev–Trinajstić information content (AvgIpc) is 3.98. The Morgan fingerprint density at radius 2 is 0.825 bits per heavy atom. The second-order valence-corrected chi connectivity index (χ2v) is 16.8. The van der Waals surface area contributed by atoms with Crippen LogP contribution in [0.15, 0.2) is 168 Å². The molecule has 0 N–H and O–H groups in total. The Kier molecular flexibility index (Phi) is 6.45. The van der Waals surface area contributed by atoms with Crippen LogP contribution in [0.3, 0.4) is 0 Å². The fourth-order valence-electron chi connectivity index (χ4n) is 8.95. The lowest BCUT2D eigenvalue weighted by molar-refractivity contribution is 0.670. The van der Waals surface area contributed by atoms with Gasteiger partial charge in [-0.2, -0.15) is 0 Å². The summed E-state index contributed by atoms with van der Waals surface area (Å²) in [6.45, 7) is 0. The molecule has 0 amide bonds. The van der Waals surface area contributed by atoms with Crippen molar-refractivity contribution < 1.29 is 4.42 Å². The maximum absolute atomic E-state index is 6.79. The van der Waals surface area contributed by atoms with E-state index in [0.29, 0.717) is 17.5 Å². The summed E-state index contributed by atoms with van der Waals surface area (Å²) in [6, 6.07) is 58.2. The Morgan fingerprint density at radius 3 is 1.42 bits per heavy atom. The number of benzene rings is 9. The van der Waals surface area contributed by atoms with Crippen molar-refractivity contribution in [1.29, 1.82) is 0 Å². The molecule has 4 aromatic heterocycles. The molecule has 57 heavy (non-hydrogen) atoms. The summed E-state index contributed by atoms with van der Waals surface area (Å²) >= 11 is 3.65. The highest BCUT2D eigenvalue weighted by Gasteiger charge is 2.24. The van der Waals surface area contributed by atoms with Crippen LogP contribution >= 0.6 is 22.7 Å². The summed E-state index contributed by atoms with van der Waals surface area (Å²) in [5, 5.41) is 14.0. The van der Waals surface area contributed by atoms with Crippen molar-refractivity contribution in [3.8, 4) is 34.2 Å². The van der Waals surface area contributed by atoms with E-state index in [9.17, 15) is 0 Å². The maximum atomic E-state index is 6.79. The summed E-state index contributed by atoms with van der Waals surface area (Å²) < 4.78 is 11.7. The minimum Gasteiger partial charge on any atom is -0.455 e. The molecule has 0 saturated carbocycles. The van der Waals surface area contributed by atoms with Crippen molar-refractivity contribution in [3.63, 3.8) is 0 Å². The lowest BCUT2D eigenvalue weighted by Gasteiger charge is -2.13. The van der Waals surface area contributed by atoms with Gasteiger partial charge in [-0.25, -0.2) is 15.0 Å². The molecule has 0 radical (unpaired) electrons. The molecule has 0 spiro atoms. The normalized spacial score (nSPS) is 12.2. The number of para-hydroxylation sites is 1. The Balaban J connectivity index is 1.18. The van der Waals surface area contributed by atoms with Crippen LogP contribution < -0.4 is 0 Å². The van der Waals surface area contributed by atoms with Gasteiger partial charge in [-0.15, -0.1) is 22.7 Å². The van der Waals surface area contributed by atoms with Gasteiger partial charge in [-0.1, -0.05) is 127 Å². The van der Waals surface area contributed by atoms with E-state index in [1.807, 2.05) is 22.7 Å². The van der Waals surface area contributed by atoms with Crippen LogP contribution in [-0.2, 0) is 0 Å². The lowest BCUT2D eigenvalue weighted by atomic mass is 9.98. The minimum atomic E-state index is 0.575. The molecular weight excluding hydrogens is 735 g/mol. The molecule has 4 nitrogen and oxygen atoms in total. The summed E-state index contributed by atoms with van der Waals surface area (Å²) in [5.74, 6) is 1.84. The van der Waals surface area contributed by atoms with Gasteiger partial charge in [0, 0.05) is 62.2 Å². The standard InChI is InChI=1S/C51H27N3OS2/c1-4-15-31-28(12-1)24-25-40-43(31)36-20-11-21-37(46(36)55-40)49-52-50(38-26-29-13-2-5-16-32(29)47-44(38)34-18-7-9-22-41(34)56-47)54-51(53-49)39-27-30-14-3-6-17-33(30)48-45(39)35-19-8-10-23-42(35)57-48/h1-27H. The Bertz CT molecular complexity index is 3660. The van der Waals surface area contributed by atoms with Gasteiger partial charge in [0.2, 0.25) is 0 Å². The number of aromatic nitrogens is 3. The van der Waals surface area contributed by atoms with Crippen LogP contribution in [0.5, 0.6) is 0 Å². The van der Waals surface area contributed by atoms with E-state index < -0.39 is 0 Å². The van der Waals surface area contributed by atoms with Gasteiger partial charge >= 0.3 is 0 Å². The van der Waals surface area contributed by atoms with Gasteiger partial charge in [-0.3, -0.25) is 0 Å². The topological polar surface area (TPSA) is 51.8 Å². The van der Waals surface area contributed by atoms with Gasteiger partial charge < -0.3 is 4.42 Å². The number of hydrogen-bond acceptors (Lipinski definition) is 6. The first-order valence-electron chi connectivity index (χ1n) is 19.0. The van der Waals surface area contributed by atoms with Crippen molar-refractivity contribution in [2.24, 2.45) is 0 Å². The number of thiophene rings is 2. The number of fused-ring (bicyclic) bond motifs is 15. The van der Waals surface area contributed by atoms with Gasteiger partial charge in [0.1, 0.15) is 11.2 Å². The van der Waals surface area contributed by atoms with Gasteiger partial charge in [-0.05, 0) is 68.7 Å². The lowest BCUT2D eigenvalue weighted by Crippen LogP contribution is -2.01. The summed E-state index contributed by atoms with van der Waals surface area (Å²) in [4.78, 5) is 16.4. The highest BCUT2D eigenvalue weighted by Crippen LogP contribution is 2.47. The zero-order valence-corrected chi connectivity index (χ0v) is 31.8. The molecule has 0 aliphatic heterocycles. The zero-order chi connectivity index (χ0) is 37.2. The molecule has 0 fully saturated rings. The van der Waals surface area contributed by atoms with E-state index >= 15 is 0 Å². The largest absolute Gasteiger partial charge is 0.455 e. The van der Waals surface area contributed by atoms with Crippen molar-refractivity contribution in [2.75, 3.05) is 0 Å². The third-order valence-electron chi connectivity index (χ3n) is 11.5. The van der Waals surface area contributed by atoms with Crippen molar-refractivity contribution >= 4 is 117 Å². The molecular formula is C51H27N3OS2. The molecule has 0 aliphatic rings. The predicted octanol–water partition coefficient (Wildman–Crippen LogP) is 15.0. The van der Waals surface area contributed by atoms with E-state index in [2.05, 4.69) is 164 Å². The zero-order valence-electron chi connectivity index (χ0n) is 30.2. The van der Waals surface area contributed by atoms with E-state index in [-0.39, 0.29) is 0 Å². The third-order valence-corrected chi connectivity index (χ3v) is 13.9. The van der Waals surface area contributed by atoms with Crippen LogP contribution in [0, 0.1) is 0 Å². The molecule has 0 aliphatic carbocycles. The number of hydrogen-bond donors (Lipinski definition) is 0. The van der Waals surface area contributed by atoms with Crippen LogP contribution in [0.4, 0.5) is 0 Å². The van der Waals surface area contributed by atoms with Gasteiger partial charge in [0.15, 0.2) is 17.5 Å². The van der Waals surface area contributed by atoms with E-state index in [0.717, 1.165) is 65.6 Å². The van der Waals surface area contributed by atoms with Gasteiger partial charge in [0.05, 0.1) is 5.56 Å². The molecule has 0 bridgehead atoms. The smallest absolute Gasteiger partial charge is 0.167 e. The highest BCUT2D eigenvalue weighted by atomic mass is 32.1. The first kappa shape index (κ1) is 31.2. The van der Waals surface area contributed by atoms with E-state index in [4.69, 9.17) is 19.4 Å². The quantitative estimate of drug-likeness (QED) is 0.180. The van der Waals surface area contributed by atoms with Crippen LogP contribution in [0.1, 0.15) is 0 Å². The molecule has 9 aromatic carbocycles. The Morgan fingerprint density at radius 1 is 0.351 bits per heavy atom. The average molecular weight is 762 g/mol. The van der Waals surface area contributed by atoms with Crippen LogP contribution in [-0.4, -0.2) is 15.0 Å². The maximum Gasteiger partial charge on any atom is 0.167 e. The molecule has 4 heterocycles. The number of nitrogens with zero attached hydrogens (tertiary/aromatic N) is 3. The number of furan rings is 1. The SMILES string of the molecule is c1ccc2c(c1)cc(-c1nc(-c3cccc4c3oc3ccc5ccccc5c34)nc(-c3cc4ccccc4c4sc5ccccc5c34)n1)c1c3ccccc3sc21. The fourth-order valence-corrected chi connectivity index (χ4v) is 11.5. The second kappa shape index (κ2) is 11.8. The first-order chi connectivity index (χ1) is 28.2. The molecule has 264 valence electrons. The minimum absolute atomic E-state index is 0.575. The third kappa shape index (κ3) is 4.51. The van der Waals surface area contributed by atoms with Crippen molar-refractivity contribution in [1.82, 2.24) is 15.0 Å². The first-order valence-corrected chi connectivity index (χ1v) is 20.6. The van der Waals surface area contributed by atoms with E-state index in [1.165, 1.54) is 45.7 Å². The van der Waals surface area contributed by atoms with Crippen molar-refractivity contribution in [2.45, 2.75) is 0 Å². The molecule has 0 atom stereocenters.